The van der Waals surface area contributed by atoms with Gasteiger partial charge in [0.25, 0.3) is 15.9 Å². The van der Waals surface area contributed by atoms with Crippen molar-refractivity contribution in [1.82, 2.24) is 5.43 Å². The van der Waals surface area contributed by atoms with E-state index >= 15 is 0 Å². The van der Waals surface area contributed by atoms with Gasteiger partial charge in [-0.1, -0.05) is 47.5 Å². The molecule has 0 heterocycles. The average molecular weight is 578 g/mol. The highest BCUT2D eigenvalue weighted by atomic mass is 35.5. The van der Waals surface area contributed by atoms with Crippen LogP contribution in [-0.4, -0.2) is 34.2 Å². The zero-order valence-electron chi connectivity index (χ0n) is 22.0. The summed E-state index contributed by atoms with van der Waals surface area (Å²) in [5.41, 5.74) is 5.62. The minimum absolute atomic E-state index is 0.00531. The van der Waals surface area contributed by atoms with Crippen LogP contribution in [-0.2, 0) is 21.4 Å². The Balaban J connectivity index is 1.41. The summed E-state index contributed by atoms with van der Waals surface area (Å²) < 4.78 is 38.9. The number of benzene rings is 4. The lowest BCUT2D eigenvalue weighted by atomic mass is 10.2. The molecule has 4 aromatic rings. The number of carbonyl (C=O) groups excluding carboxylic acids is 1. The van der Waals surface area contributed by atoms with Crippen LogP contribution in [0.25, 0.3) is 0 Å². The van der Waals surface area contributed by atoms with Crippen LogP contribution >= 0.6 is 11.6 Å². The van der Waals surface area contributed by atoms with E-state index in [9.17, 15) is 13.2 Å². The molecule has 0 saturated heterocycles. The first-order chi connectivity index (χ1) is 19.2. The van der Waals surface area contributed by atoms with Gasteiger partial charge in [-0.2, -0.15) is 5.10 Å². The number of halogens is 1. The lowest BCUT2D eigenvalue weighted by Crippen LogP contribution is -2.39. The molecule has 0 aliphatic heterocycles. The number of anilines is 1. The lowest BCUT2D eigenvalue weighted by Gasteiger charge is -2.24. The Kier molecular flexibility index (Phi) is 9.42. The van der Waals surface area contributed by atoms with Gasteiger partial charge in [0.15, 0.2) is 0 Å². The predicted octanol–water partition coefficient (Wildman–Crippen LogP) is 5.58. The van der Waals surface area contributed by atoms with E-state index in [2.05, 4.69) is 10.5 Å². The summed E-state index contributed by atoms with van der Waals surface area (Å²) in [5, 5.41) is 4.32. The number of methoxy groups -OCH3 is 1. The molecule has 0 fully saturated rings. The van der Waals surface area contributed by atoms with Crippen LogP contribution in [0.2, 0.25) is 5.02 Å². The van der Waals surface area contributed by atoms with E-state index in [1.807, 2.05) is 31.2 Å². The van der Waals surface area contributed by atoms with Crippen LogP contribution < -0.4 is 19.2 Å². The summed E-state index contributed by atoms with van der Waals surface area (Å²) in [6.07, 6.45) is 1.46. The molecule has 8 nitrogen and oxygen atoms in total. The Morgan fingerprint density at radius 2 is 1.62 bits per heavy atom. The molecule has 0 unspecified atom stereocenters. The number of ether oxygens (including phenoxy) is 2. The van der Waals surface area contributed by atoms with Gasteiger partial charge >= 0.3 is 0 Å². The smallest absolute Gasteiger partial charge is 0.264 e. The maximum absolute atomic E-state index is 13.5. The Morgan fingerprint density at radius 3 is 2.27 bits per heavy atom. The fourth-order valence-corrected chi connectivity index (χ4v) is 5.26. The number of nitrogens with zero attached hydrogens (tertiary/aromatic N) is 2. The second-order valence-corrected chi connectivity index (χ2v) is 11.1. The van der Waals surface area contributed by atoms with Crippen molar-refractivity contribution in [2.24, 2.45) is 5.10 Å². The topological polar surface area (TPSA) is 97.3 Å². The van der Waals surface area contributed by atoms with Crippen molar-refractivity contribution in [3.63, 3.8) is 0 Å². The molecule has 4 rings (SSSR count). The number of aryl methyl sites for hydroxylation is 1. The first kappa shape index (κ1) is 28.7. The van der Waals surface area contributed by atoms with E-state index in [1.54, 1.807) is 42.5 Å². The van der Waals surface area contributed by atoms with Crippen molar-refractivity contribution in [2.45, 2.75) is 18.4 Å². The zero-order valence-corrected chi connectivity index (χ0v) is 23.5. The van der Waals surface area contributed by atoms with Gasteiger partial charge in [-0.3, -0.25) is 9.10 Å². The van der Waals surface area contributed by atoms with Crippen LogP contribution in [0.4, 0.5) is 5.69 Å². The Hall–Kier alpha value is -4.34. The summed E-state index contributed by atoms with van der Waals surface area (Å²) >= 11 is 6.11. The molecule has 0 bridgehead atoms. The molecular weight excluding hydrogens is 550 g/mol. The second-order valence-electron chi connectivity index (χ2n) is 8.80. The molecule has 0 aliphatic carbocycles. The van der Waals surface area contributed by atoms with E-state index in [0.717, 1.165) is 15.4 Å². The third-order valence-corrected chi connectivity index (χ3v) is 7.86. The third kappa shape index (κ3) is 7.62. The highest BCUT2D eigenvalue weighted by Gasteiger charge is 2.27. The van der Waals surface area contributed by atoms with Crippen molar-refractivity contribution in [3.05, 3.63) is 119 Å². The van der Waals surface area contributed by atoms with Crippen molar-refractivity contribution in [1.29, 1.82) is 0 Å². The van der Waals surface area contributed by atoms with Crippen molar-refractivity contribution < 1.29 is 22.7 Å². The van der Waals surface area contributed by atoms with Crippen LogP contribution in [0, 0.1) is 6.92 Å². The summed E-state index contributed by atoms with van der Waals surface area (Å²) in [6.45, 7) is 1.97. The summed E-state index contributed by atoms with van der Waals surface area (Å²) in [7, 11) is -2.62. The zero-order chi connectivity index (χ0) is 28.5. The predicted molar refractivity (Wildman–Crippen MR) is 157 cm³/mol. The minimum Gasteiger partial charge on any atom is -0.497 e. The molecule has 0 aromatic heterocycles. The maximum Gasteiger partial charge on any atom is 0.264 e. The SMILES string of the molecule is COc1ccc(S(=O)(=O)N(CC(=O)N/N=C\c2ccc(OCc3ccc(C)cc3)cc2)c2cccc(Cl)c2)cc1. The van der Waals surface area contributed by atoms with E-state index in [1.165, 1.54) is 49.2 Å². The Morgan fingerprint density at radius 1 is 0.950 bits per heavy atom. The van der Waals surface area contributed by atoms with Crippen LogP contribution in [0.3, 0.4) is 0 Å². The van der Waals surface area contributed by atoms with Gasteiger partial charge in [-0.05, 0) is 84.8 Å². The Labute approximate surface area is 238 Å². The molecule has 206 valence electrons. The largest absolute Gasteiger partial charge is 0.497 e. The standard InChI is InChI=1S/C30H28ClN3O5S/c1-22-6-8-24(9-7-22)21-39-28-12-10-23(11-13-28)19-32-33-30(35)20-34(26-5-3-4-25(31)18-26)40(36,37)29-16-14-27(38-2)15-17-29/h3-19H,20-21H2,1-2H3,(H,33,35)/b32-19-. The number of hydrogen-bond donors (Lipinski definition) is 1. The van der Waals surface area contributed by atoms with Crippen LogP contribution in [0.1, 0.15) is 16.7 Å². The van der Waals surface area contributed by atoms with Crippen molar-refractivity contribution >= 4 is 39.4 Å². The quantitative estimate of drug-likeness (QED) is 0.185. The highest BCUT2D eigenvalue weighted by Crippen LogP contribution is 2.27. The number of amides is 1. The molecule has 40 heavy (non-hydrogen) atoms. The lowest BCUT2D eigenvalue weighted by molar-refractivity contribution is -0.119. The summed E-state index contributed by atoms with van der Waals surface area (Å²) in [6, 6.07) is 27.5. The van der Waals surface area contributed by atoms with E-state index < -0.39 is 22.5 Å². The molecule has 1 amide bonds. The van der Waals surface area contributed by atoms with Crippen LogP contribution in [0.15, 0.2) is 107 Å². The van der Waals surface area contributed by atoms with Gasteiger partial charge < -0.3 is 9.47 Å². The molecule has 0 radical (unpaired) electrons. The van der Waals surface area contributed by atoms with Crippen molar-refractivity contribution in [2.75, 3.05) is 18.0 Å². The number of sulfonamides is 1. The fraction of sp³-hybridized carbons (Fsp3) is 0.133. The van der Waals surface area contributed by atoms with Gasteiger partial charge in [0, 0.05) is 5.02 Å². The monoisotopic (exact) mass is 577 g/mol. The maximum atomic E-state index is 13.5. The minimum atomic E-state index is -4.11. The Bertz CT molecular complexity index is 1570. The fourth-order valence-electron chi connectivity index (χ4n) is 3.67. The summed E-state index contributed by atoms with van der Waals surface area (Å²) in [5.74, 6) is 0.570. The van der Waals surface area contributed by atoms with Gasteiger partial charge in [-0.25, -0.2) is 13.8 Å². The van der Waals surface area contributed by atoms with E-state index in [4.69, 9.17) is 21.1 Å². The number of hydrogen-bond acceptors (Lipinski definition) is 6. The molecule has 1 N–H and O–H groups in total. The number of hydrazone groups is 1. The third-order valence-electron chi connectivity index (χ3n) is 5.84. The van der Waals surface area contributed by atoms with Gasteiger partial charge in [-0.15, -0.1) is 0 Å². The normalized spacial score (nSPS) is 11.3. The molecular formula is C30H28ClN3O5S. The highest BCUT2D eigenvalue weighted by molar-refractivity contribution is 7.92. The molecule has 0 aliphatic rings. The number of nitrogens with one attached hydrogen (secondary N) is 1. The average Bonchev–Trinajstić information content (AvgIpc) is 2.96. The summed E-state index contributed by atoms with van der Waals surface area (Å²) in [4.78, 5) is 12.8. The van der Waals surface area contributed by atoms with E-state index in [0.29, 0.717) is 23.1 Å². The molecule has 0 atom stereocenters. The van der Waals surface area contributed by atoms with Gasteiger partial charge in [0.05, 0.1) is 23.9 Å². The number of rotatable bonds is 11. The first-order valence-corrected chi connectivity index (χ1v) is 14.1. The first-order valence-electron chi connectivity index (χ1n) is 12.3. The molecule has 4 aromatic carbocycles. The van der Waals surface area contributed by atoms with Gasteiger partial charge in [0.2, 0.25) is 0 Å². The molecule has 10 heteroatoms. The second kappa shape index (κ2) is 13.1. The van der Waals surface area contributed by atoms with Gasteiger partial charge in [0.1, 0.15) is 24.7 Å². The molecule has 0 saturated carbocycles. The van der Waals surface area contributed by atoms with Crippen molar-refractivity contribution in [3.8, 4) is 11.5 Å². The number of carbonyl (C=O) groups is 1. The molecule has 0 spiro atoms. The van der Waals surface area contributed by atoms with E-state index in [-0.39, 0.29) is 10.6 Å². The van der Waals surface area contributed by atoms with Crippen LogP contribution in [0.5, 0.6) is 11.5 Å².